The molecule has 5 heteroatoms. The Morgan fingerprint density at radius 1 is 0.758 bits per heavy atom. The summed E-state index contributed by atoms with van der Waals surface area (Å²) in [6, 6.07) is 30.8. The van der Waals surface area contributed by atoms with Gasteiger partial charge in [-0.3, -0.25) is 10.1 Å². The molecule has 5 rings (SSSR count). The normalized spacial score (nSPS) is 10.8. The van der Waals surface area contributed by atoms with Crippen LogP contribution in [0.4, 0.5) is 5.69 Å². The van der Waals surface area contributed by atoms with E-state index < -0.39 is 0 Å². The first kappa shape index (κ1) is 21.0. The van der Waals surface area contributed by atoms with Crippen molar-refractivity contribution in [3.05, 3.63) is 125 Å². The maximum atomic E-state index is 6.11. The van der Waals surface area contributed by atoms with Crippen molar-refractivity contribution in [3.8, 4) is 22.4 Å². The van der Waals surface area contributed by atoms with Crippen LogP contribution in [0.2, 0.25) is 5.02 Å². The van der Waals surface area contributed by atoms with Crippen molar-refractivity contribution >= 4 is 17.3 Å². The molecule has 3 aromatic carbocycles. The van der Waals surface area contributed by atoms with E-state index in [0.717, 1.165) is 46.7 Å². The van der Waals surface area contributed by atoms with Crippen LogP contribution < -0.4 is 5.32 Å². The number of aromatic amines is 1. The zero-order valence-electron chi connectivity index (χ0n) is 18.0. The van der Waals surface area contributed by atoms with E-state index in [9.17, 15) is 0 Å². The van der Waals surface area contributed by atoms with Crippen LogP contribution in [0.25, 0.3) is 22.4 Å². The first-order chi connectivity index (χ1) is 16.3. The van der Waals surface area contributed by atoms with E-state index in [1.807, 2.05) is 54.9 Å². The summed E-state index contributed by atoms with van der Waals surface area (Å²) in [4.78, 5) is 4.18. The molecule has 0 unspecified atom stereocenters. The van der Waals surface area contributed by atoms with Gasteiger partial charge in [0.2, 0.25) is 0 Å². The van der Waals surface area contributed by atoms with Crippen molar-refractivity contribution in [2.24, 2.45) is 0 Å². The van der Waals surface area contributed by atoms with Gasteiger partial charge in [-0.2, -0.15) is 5.10 Å². The van der Waals surface area contributed by atoms with Crippen LogP contribution in [0, 0.1) is 0 Å². The van der Waals surface area contributed by atoms with Gasteiger partial charge in [0.15, 0.2) is 0 Å². The molecule has 4 nitrogen and oxygen atoms in total. The SMILES string of the molecule is Clc1ccc(-c2n[nH]c(Cc3cccc(NCc4ccccc4)c3)c2-c2ccncc2)cc1. The van der Waals surface area contributed by atoms with Crippen molar-refractivity contribution < 1.29 is 0 Å². The molecule has 2 aromatic heterocycles. The van der Waals surface area contributed by atoms with E-state index in [4.69, 9.17) is 11.6 Å². The Morgan fingerprint density at radius 3 is 2.30 bits per heavy atom. The molecule has 33 heavy (non-hydrogen) atoms. The lowest BCUT2D eigenvalue weighted by atomic mass is 9.96. The number of anilines is 1. The van der Waals surface area contributed by atoms with Gasteiger partial charge < -0.3 is 5.32 Å². The fraction of sp³-hybridized carbons (Fsp3) is 0.0714. The molecule has 0 atom stereocenters. The summed E-state index contributed by atoms with van der Waals surface area (Å²) < 4.78 is 0. The second-order valence-corrected chi connectivity index (χ2v) is 8.32. The van der Waals surface area contributed by atoms with Gasteiger partial charge in [-0.1, -0.05) is 66.2 Å². The quantitative estimate of drug-likeness (QED) is 0.281. The third-order valence-electron chi connectivity index (χ3n) is 5.58. The molecule has 2 N–H and O–H groups in total. The molecular weight excluding hydrogens is 428 g/mol. The van der Waals surface area contributed by atoms with Gasteiger partial charge in [-0.15, -0.1) is 0 Å². The van der Waals surface area contributed by atoms with Gasteiger partial charge in [-0.25, -0.2) is 0 Å². The molecule has 0 radical (unpaired) electrons. The Hall–Kier alpha value is -3.89. The fourth-order valence-electron chi connectivity index (χ4n) is 3.95. The first-order valence-corrected chi connectivity index (χ1v) is 11.2. The van der Waals surface area contributed by atoms with Crippen LogP contribution in [-0.2, 0) is 13.0 Å². The Bertz CT molecular complexity index is 1330. The monoisotopic (exact) mass is 450 g/mol. The van der Waals surface area contributed by atoms with E-state index in [-0.39, 0.29) is 0 Å². The third-order valence-corrected chi connectivity index (χ3v) is 5.83. The molecule has 162 valence electrons. The zero-order chi connectivity index (χ0) is 22.5. The predicted octanol–water partition coefficient (Wildman–Crippen LogP) is 7.00. The summed E-state index contributed by atoms with van der Waals surface area (Å²) in [5.41, 5.74) is 8.71. The van der Waals surface area contributed by atoms with Gasteiger partial charge in [0.05, 0.1) is 0 Å². The smallest absolute Gasteiger partial charge is 0.100 e. The summed E-state index contributed by atoms with van der Waals surface area (Å²) in [6.45, 7) is 0.789. The van der Waals surface area contributed by atoms with Gasteiger partial charge in [-0.05, 0) is 53.1 Å². The number of benzene rings is 3. The van der Waals surface area contributed by atoms with Crippen LogP contribution in [0.5, 0.6) is 0 Å². The lowest BCUT2D eigenvalue weighted by Crippen LogP contribution is -2.00. The lowest BCUT2D eigenvalue weighted by molar-refractivity contribution is 0.998. The average Bonchev–Trinajstić information content (AvgIpc) is 3.28. The number of halogens is 1. The topological polar surface area (TPSA) is 53.6 Å². The minimum Gasteiger partial charge on any atom is -0.381 e. The molecule has 0 fully saturated rings. The van der Waals surface area contributed by atoms with Crippen molar-refractivity contribution in [3.63, 3.8) is 0 Å². The molecule has 0 aliphatic heterocycles. The fourth-order valence-corrected chi connectivity index (χ4v) is 4.07. The lowest BCUT2D eigenvalue weighted by Gasteiger charge is -2.10. The van der Waals surface area contributed by atoms with Crippen LogP contribution >= 0.6 is 11.6 Å². The molecule has 0 amide bonds. The number of nitrogens with zero attached hydrogens (tertiary/aromatic N) is 2. The minimum atomic E-state index is 0.708. The van der Waals surface area contributed by atoms with E-state index in [2.05, 4.69) is 69.0 Å². The number of pyridine rings is 1. The standard InChI is InChI=1S/C28H23ClN4/c29-24-11-9-23(10-12-24)28-27(22-13-15-30-16-14-22)26(32-33-28)18-21-7-4-8-25(17-21)31-19-20-5-2-1-3-6-20/h1-17,31H,18-19H2,(H,32,33). The summed E-state index contributed by atoms with van der Waals surface area (Å²) in [7, 11) is 0. The largest absolute Gasteiger partial charge is 0.381 e. The number of hydrogen-bond donors (Lipinski definition) is 2. The van der Waals surface area contributed by atoms with Crippen LogP contribution in [0.3, 0.4) is 0 Å². The molecule has 0 bridgehead atoms. The predicted molar refractivity (Wildman–Crippen MR) is 135 cm³/mol. The first-order valence-electron chi connectivity index (χ1n) is 10.9. The number of aromatic nitrogens is 3. The second-order valence-electron chi connectivity index (χ2n) is 7.88. The molecule has 2 heterocycles. The average molecular weight is 451 g/mol. The highest BCUT2D eigenvalue weighted by molar-refractivity contribution is 6.30. The highest BCUT2D eigenvalue weighted by Gasteiger charge is 2.17. The second kappa shape index (κ2) is 9.72. The summed E-state index contributed by atoms with van der Waals surface area (Å²) in [5, 5.41) is 12.2. The molecular formula is C28H23ClN4. The Balaban J connectivity index is 1.44. The molecule has 0 aliphatic rings. The molecule has 0 spiro atoms. The summed E-state index contributed by atoms with van der Waals surface area (Å²) in [5.74, 6) is 0. The van der Waals surface area contributed by atoms with Gasteiger partial charge in [0, 0.05) is 52.9 Å². The van der Waals surface area contributed by atoms with Crippen LogP contribution in [0.1, 0.15) is 16.8 Å². The Kier molecular flexibility index (Phi) is 6.18. The van der Waals surface area contributed by atoms with E-state index in [1.165, 1.54) is 11.1 Å². The molecule has 5 aromatic rings. The summed E-state index contributed by atoms with van der Waals surface area (Å²) >= 11 is 6.11. The summed E-state index contributed by atoms with van der Waals surface area (Å²) in [6.07, 6.45) is 4.36. The Labute approximate surface area is 198 Å². The van der Waals surface area contributed by atoms with E-state index in [0.29, 0.717) is 5.02 Å². The maximum Gasteiger partial charge on any atom is 0.100 e. The van der Waals surface area contributed by atoms with Gasteiger partial charge >= 0.3 is 0 Å². The number of rotatable bonds is 7. The van der Waals surface area contributed by atoms with Gasteiger partial charge in [0.25, 0.3) is 0 Å². The maximum absolute atomic E-state index is 6.11. The highest BCUT2D eigenvalue weighted by Crippen LogP contribution is 2.34. The van der Waals surface area contributed by atoms with Crippen molar-refractivity contribution in [1.82, 2.24) is 15.2 Å². The Morgan fingerprint density at radius 2 is 1.52 bits per heavy atom. The van der Waals surface area contributed by atoms with Crippen molar-refractivity contribution in [2.75, 3.05) is 5.32 Å². The van der Waals surface area contributed by atoms with E-state index >= 15 is 0 Å². The number of H-pyrrole nitrogens is 1. The molecule has 0 aliphatic carbocycles. The van der Waals surface area contributed by atoms with Crippen molar-refractivity contribution in [2.45, 2.75) is 13.0 Å². The minimum absolute atomic E-state index is 0.708. The third kappa shape index (κ3) is 4.97. The molecule has 0 saturated carbocycles. The van der Waals surface area contributed by atoms with E-state index in [1.54, 1.807) is 0 Å². The van der Waals surface area contributed by atoms with Crippen molar-refractivity contribution in [1.29, 1.82) is 0 Å². The number of nitrogens with one attached hydrogen (secondary N) is 2. The van der Waals surface area contributed by atoms with Crippen LogP contribution in [0.15, 0.2) is 103 Å². The molecule has 0 saturated heterocycles. The highest BCUT2D eigenvalue weighted by atomic mass is 35.5. The number of hydrogen-bond acceptors (Lipinski definition) is 3. The van der Waals surface area contributed by atoms with Gasteiger partial charge in [0.1, 0.15) is 5.69 Å². The van der Waals surface area contributed by atoms with Crippen LogP contribution in [-0.4, -0.2) is 15.2 Å². The zero-order valence-corrected chi connectivity index (χ0v) is 18.8.